The van der Waals surface area contributed by atoms with Gasteiger partial charge in [-0.05, 0) is 24.2 Å². The van der Waals surface area contributed by atoms with Crippen molar-refractivity contribution in [1.82, 2.24) is 0 Å². The molecule has 96 valence electrons. The van der Waals surface area contributed by atoms with Gasteiger partial charge in [-0.25, -0.2) is 8.42 Å². The summed E-state index contributed by atoms with van der Waals surface area (Å²) in [6.45, 7) is 5.26. The predicted octanol–water partition coefficient (Wildman–Crippen LogP) is 2.25. The average molecular weight is 313 g/mol. The van der Waals surface area contributed by atoms with Crippen LogP contribution in [0, 0.1) is 11.3 Å². The lowest BCUT2D eigenvalue weighted by Gasteiger charge is -2.35. The Morgan fingerprint density at radius 2 is 1.88 bits per heavy atom. The molecule has 1 aliphatic heterocycles. The van der Waals surface area contributed by atoms with Gasteiger partial charge in [-0.3, -0.25) is 0 Å². The van der Waals surface area contributed by atoms with Crippen LogP contribution < -0.4 is 0 Å². The summed E-state index contributed by atoms with van der Waals surface area (Å²) in [5, 5.41) is 0.751. The zero-order valence-electron chi connectivity index (χ0n) is 10.0. The van der Waals surface area contributed by atoms with Gasteiger partial charge in [0, 0.05) is 18.5 Å². The van der Waals surface area contributed by atoms with Crippen molar-refractivity contribution in [1.29, 1.82) is 0 Å². The first kappa shape index (κ1) is 14.5. The molecule has 5 heteroatoms. The second-order valence-electron chi connectivity index (χ2n) is 5.19. The summed E-state index contributed by atoms with van der Waals surface area (Å²) >= 11 is 3.47. The first-order valence-corrected chi connectivity index (χ1v) is 8.68. The summed E-state index contributed by atoms with van der Waals surface area (Å²) in [7, 11) is -2.94. The van der Waals surface area contributed by atoms with Gasteiger partial charge in [0.15, 0.2) is 9.84 Å². The van der Waals surface area contributed by atoms with Crippen molar-refractivity contribution < 1.29 is 13.2 Å². The van der Waals surface area contributed by atoms with Gasteiger partial charge in [0.25, 0.3) is 0 Å². The van der Waals surface area contributed by atoms with E-state index < -0.39 is 9.84 Å². The van der Waals surface area contributed by atoms with E-state index in [2.05, 4.69) is 15.9 Å². The number of halogens is 1. The molecule has 16 heavy (non-hydrogen) atoms. The molecule has 1 fully saturated rings. The third-order valence-electron chi connectivity index (χ3n) is 2.95. The molecular formula is C11H21BrO3S. The van der Waals surface area contributed by atoms with Crippen LogP contribution in [0.1, 0.15) is 26.7 Å². The molecule has 0 atom stereocenters. The summed E-state index contributed by atoms with van der Waals surface area (Å²) < 4.78 is 29.3. The Morgan fingerprint density at radius 1 is 1.31 bits per heavy atom. The molecule has 0 aromatic rings. The van der Waals surface area contributed by atoms with Gasteiger partial charge < -0.3 is 4.74 Å². The van der Waals surface area contributed by atoms with Crippen molar-refractivity contribution in [3.8, 4) is 0 Å². The Kier molecular flexibility index (Phi) is 5.26. The van der Waals surface area contributed by atoms with Crippen LogP contribution in [0.4, 0.5) is 0 Å². The molecule has 1 rings (SSSR count). The lowest BCUT2D eigenvalue weighted by Crippen LogP contribution is -2.38. The SMILES string of the molecule is CC(C)CS(=O)(=O)CC1(CBr)CCOCC1. The third kappa shape index (κ3) is 4.34. The van der Waals surface area contributed by atoms with E-state index in [0.29, 0.717) is 24.7 Å². The molecule has 0 radical (unpaired) electrons. The van der Waals surface area contributed by atoms with Gasteiger partial charge in [-0.2, -0.15) is 0 Å². The second kappa shape index (κ2) is 5.83. The van der Waals surface area contributed by atoms with Crippen molar-refractivity contribution in [2.75, 3.05) is 30.0 Å². The standard InChI is InChI=1S/C11H21BrO3S/c1-10(2)7-16(13,14)9-11(8-12)3-5-15-6-4-11/h10H,3-9H2,1-2H3. The van der Waals surface area contributed by atoms with Crippen LogP contribution in [0.25, 0.3) is 0 Å². The number of ether oxygens (including phenoxy) is 1. The van der Waals surface area contributed by atoms with Crippen LogP contribution in [0.2, 0.25) is 0 Å². The minimum Gasteiger partial charge on any atom is -0.381 e. The zero-order chi connectivity index (χ0) is 12.2. The molecule has 1 heterocycles. The fourth-order valence-electron chi connectivity index (χ4n) is 2.15. The largest absolute Gasteiger partial charge is 0.381 e. The van der Waals surface area contributed by atoms with Crippen LogP contribution in [0.5, 0.6) is 0 Å². The molecule has 1 aliphatic rings. The Hall–Kier alpha value is 0.390. The quantitative estimate of drug-likeness (QED) is 0.731. The normalized spacial score (nSPS) is 21.2. The van der Waals surface area contributed by atoms with E-state index in [-0.39, 0.29) is 11.3 Å². The van der Waals surface area contributed by atoms with E-state index in [1.807, 2.05) is 13.8 Å². The van der Waals surface area contributed by atoms with Crippen molar-refractivity contribution >= 4 is 25.8 Å². The molecule has 0 aromatic carbocycles. The first-order valence-electron chi connectivity index (χ1n) is 5.73. The molecular weight excluding hydrogens is 292 g/mol. The van der Waals surface area contributed by atoms with E-state index in [1.165, 1.54) is 0 Å². The number of hydrogen-bond acceptors (Lipinski definition) is 3. The molecule has 0 bridgehead atoms. The van der Waals surface area contributed by atoms with Gasteiger partial charge in [0.1, 0.15) is 0 Å². The van der Waals surface area contributed by atoms with Crippen LogP contribution in [-0.4, -0.2) is 38.5 Å². The molecule has 0 spiro atoms. The average Bonchev–Trinajstić information content (AvgIpc) is 2.16. The molecule has 0 amide bonds. The summed E-state index contributed by atoms with van der Waals surface area (Å²) in [5.74, 6) is 0.798. The van der Waals surface area contributed by atoms with Crippen LogP contribution in [0.15, 0.2) is 0 Å². The number of alkyl halides is 1. The highest BCUT2D eigenvalue weighted by Gasteiger charge is 2.36. The van der Waals surface area contributed by atoms with Gasteiger partial charge in [-0.1, -0.05) is 29.8 Å². The highest BCUT2D eigenvalue weighted by Crippen LogP contribution is 2.34. The Morgan fingerprint density at radius 3 is 2.31 bits per heavy atom. The molecule has 3 nitrogen and oxygen atoms in total. The summed E-state index contributed by atoms with van der Waals surface area (Å²) in [5.41, 5.74) is -0.105. The highest BCUT2D eigenvalue weighted by molar-refractivity contribution is 9.09. The molecule has 0 aliphatic carbocycles. The number of sulfone groups is 1. The topological polar surface area (TPSA) is 43.4 Å². The van der Waals surface area contributed by atoms with Crippen LogP contribution in [-0.2, 0) is 14.6 Å². The van der Waals surface area contributed by atoms with Crippen molar-refractivity contribution in [3.63, 3.8) is 0 Å². The highest BCUT2D eigenvalue weighted by atomic mass is 79.9. The van der Waals surface area contributed by atoms with Crippen molar-refractivity contribution in [3.05, 3.63) is 0 Å². The lowest BCUT2D eigenvalue weighted by atomic mass is 9.85. The lowest BCUT2D eigenvalue weighted by molar-refractivity contribution is 0.0367. The maximum absolute atomic E-state index is 12.0. The summed E-state index contributed by atoms with van der Waals surface area (Å²) in [4.78, 5) is 0. The summed E-state index contributed by atoms with van der Waals surface area (Å²) in [6, 6.07) is 0. The maximum atomic E-state index is 12.0. The Balaban J connectivity index is 2.68. The third-order valence-corrected chi connectivity index (χ3v) is 6.37. The molecule has 0 N–H and O–H groups in total. The second-order valence-corrected chi connectivity index (χ2v) is 7.86. The number of hydrogen-bond donors (Lipinski definition) is 0. The van der Waals surface area contributed by atoms with Gasteiger partial charge in [0.2, 0.25) is 0 Å². The minimum absolute atomic E-state index is 0.105. The minimum atomic E-state index is -2.94. The van der Waals surface area contributed by atoms with E-state index in [0.717, 1.165) is 18.2 Å². The van der Waals surface area contributed by atoms with E-state index in [1.54, 1.807) is 0 Å². The summed E-state index contributed by atoms with van der Waals surface area (Å²) in [6.07, 6.45) is 1.69. The molecule has 0 saturated carbocycles. The smallest absolute Gasteiger partial charge is 0.151 e. The van der Waals surface area contributed by atoms with Gasteiger partial charge >= 0.3 is 0 Å². The first-order chi connectivity index (χ1) is 7.39. The zero-order valence-corrected chi connectivity index (χ0v) is 12.4. The Bertz CT molecular complexity index is 305. The molecule has 1 saturated heterocycles. The number of rotatable bonds is 5. The monoisotopic (exact) mass is 312 g/mol. The van der Waals surface area contributed by atoms with Crippen molar-refractivity contribution in [2.24, 2.45) is 11.3 Å². The van der Waals surface area contributed by atoms with E-state index >= 15 is 0 Å². The van der Waals surface area contributed by atoms with Gasteiger partial charge in [0.05, 0.1) is 11.5 Å². The van der Waals surface area contributed by atoms with E-state index in [4.69, 9.17) is 4.74 Å². The molecule has 0 unspecified atom stereocenters. The predicted molar refractivity (Wildman–Crippen MR) is 69.8 cm³/mol. The van der Waals surface area contributed by atoms with E-state index in [9.17, 15) is 8.42 Å². The van der Waals surface area contributed by atoms with Crippen molar-refractivity contribution in [2.45, 2.75) is 26.7 Å². The van der Waals surface area contributed by atoms with Crippen LogP contribution >= 0.6 is 15.9 Å². The molecule has 0 aromatic heterocycles. The van der Waals surface area contributed by atoms with Gasteiger partial charge in [-0.15, -0.1) is 0 Å². The maximum Gasteiger partial charge on any atom is 0.151 e. The fourth-order valence-corrected chi connectivity index (χ4v) is 5.63. The van der Waals surface area contributed by atoms with Crippen LogP contribution in [0.3, 0.4) is 0 Å². The fraction of sp³-hybridized carbons (Fsp3) is 1.00. The Labute approximate surface area is 107 Å².